The summed E-state index contributed by atoms with van der Waals surface area (Å²) in [5.74, 6) is 0. The Morgan fingerprint density at radius 2 is 1.79 bits per heavy atom. The fourth-order valence-electron chi connectivity index (χ4n) is 2.32. The summed E-state index contributed by atoms with van der Waals surface area (Å²) in [5.41, 5.74) is 2.67. The van der Waals surface area contributed by atoms with Crippen molar-refractivity contribution in [1.29, 1.82) is 0 Å². The molecule has 3 aromatic rings. The highest BCUT2D eigenvalue weighted by Gasteiger charge is 2.15. The lowest BCUT2D eigenvalue weighted by atomic mass is 9.96. The summed E-state index contributed by atoms with van der Waals surface area (Å²) >= 11 is 0. The lowest BCUT2D eigenvalue weighted by Crippen LogP contribution is -2.03. The number of benzene rings is 1. The van der Waals surface area contributed by atoms with E-state index in [9.17, 15) is 5.11 Å². The number of nitrogens with zero attached hydrogens (tertiary/aromatic N) is 2. The zero-order valence-corrected chi connectivity index (χ0v) is 10.6. The largest absolute Gasteiger partial charge is 0.384 e. The van der Waals surface area contributed by atoms with Crippen molar-refractivity contribution in [1.82, 2.24) is 9.97 Å². The van der Waals surface area contributed by atoms with E-state index < -0.39 is 6.10 Å². The molecule has 94 valence electrons. The number of aliphatic hydroxyl groups is 1. The van der Waals surface area contributed by atoms with Crippen molar-refractivity contribution in [3.05, 3.63) is 71.8 Å². The van der Waals surface area contributed by atoms with Gasteiger partial charge in [0, 0.05) is 35.7 Å². The average molecular weight is 250 g/mol. The van der Waals surface area contributed by atoms with Gasteiger partial charge >= 0.3 is 0 Å². The number of aromatic nitrogens is 2. The number of hydrogen-bond acceptors (Lipinski definition) is 3. The minimum atomic E-state index is -0.679. The summed E-state index contributed by atoms with van der Waals surface area (Å²) in [6.07, 6.45) is 6.32. The summed E-state index contributed by atoms with van der Waals surface area (Å²) in [7, 11) is 0. The summed E-state index contributed by atoms with van der Waals surface area (Å²) in [6.45, 7) is 1.95. The maximum atomic E-state index is 10.6. The second kappa shape index (κ2) is 4.78. The standard InChI is InChI=1S/C16H14N2O/c1-11-8-17-7-6-13(11)16(19)15-10-18-9-12-4-2-3-5-14(12)15/h2-10,16,19H,1H3. The zero-order chi connectivity index (χ0) is 13.2. The molecule has 0 amide bonds. The van der Waals surface area contributed by atoms with Gasteiger partial charge in [-0.3, -0.25) is 9.97 Å². The van der Waals surface area contributed by atoms with Gasteiger partial charge in [0.2, 0.25) is 0 Å². The number of pyridine rings is 2. The Balaban J connectivity index is 2.17. The van der Waals surface area contributed by atoms with Crippen molar-refractivity contribution < 1.29 is 5.11 Å². The third-order valence-electron chi connectivity index (χ3n) is 3.35. The van der Waals surface area contributed by atoms with Crippen LogP contribution >= 0.6 is 0 Å². The van der Waals surface area contributed by atoms with Crippen LogP contribution in [0.3, 0.4) is 0 Å². The first-order valence-electron chi connectivity index (χ1n) is 6.18. The topological polar surface area (TPSA) is 46.0 Å². The number of aryl methyl sites for hydroxylation is 1. The van der Waals surface area contributed by atoms with E-state index in [4.69, 9.17) is 0 Å². The van der Waals surface area contributed by atoms with Crippen LogP contribution in [0.25, 0.3) is 10.8 Å². The quantitative estimate of drug-likeness (QED) is 0.760. The van der Waals surface area contributed by atoms with Gasteiger partial charge in [-0.1, -0.05) is 24.3 Å². The van der Waals surface area contributed by atoms with Gasteiger partial charge in [-0.05, 0) is 29.5 Å². The Morgan fingerprint density at radius 3 is 2.63 bits per heavy atom. The lowest BCUT2D eigenvalue weighted by molar-refractivity contribution is 0.220. The molecule has 1 aromatic carbocycles. The van der Waals surface area contributed by atoms with Gasteiger partial charge in [0.25, 0.3) is 0 Å². The number of aliphatic hydroxyl groups excluding tert-OH is 1. The molecule has 1 N–H and O–H groups in total. The van der Waals surface area contributed by atoms with Gasteiger partial charge in [0.15, 0.2) is 0 Å². The second-order valence-electron chi connectivity index (χ2n) is 4.58. The van der Waals surface area contributed by atoms with Crippen molar-refractivity contribution in [2.75, 3.05) is 0 Å². The van der Waals surface area contributed by atoms with Crippen molar-refractivity contribution >= 4 is 10.8 Å². The van der Waals surface area contributed by atoms with Crippen LogP contribution in [0.4, 0.5) is 0 Å². The molecule has 3 rings (SSSR count). The van der Waals surface area contributed by atoms with E-state index in [2.05, 4.69) is 9.97 Å². The molecule has 0 aliphatic rings. The Labute approximate surface area is 111 Å². The SMILES string of the molecule is Cc1cnccc1C(O)c1cncc2ccccc12. The smallest absolute Gasteiger partial charge is 0.106 e. The first-order valence-corrected chi connectivity index (χ1v) is 6.18. The van der Waals surface area contributed by atoms with Crippen molar-refractivity contribution in [2.45, 2.75) is 13.0 Å². The van der Waals surface area contributed by atoms with Gasteiger partial charge < -0.3 is 5.11 Å². The highest BCUT2D eigenvalue weighted by atomic mass is 16.3. The normalized spacial score (nSPS) is 12.5. The van der Waals surface area contributed by atoms with E-state index in [1.165, 1.54) is 0 Å². The summed E-state index contributed by atoms with van der Waals surface area (Å²) in [4.78, 5) is 8.27. The number of rotatable bonds is 2. The third-order valence-corrected chi connectivity index (χ3v) is 3.35. The van der Waals surface area contributed by atoms with Crippen molar-refractivity contribution in [3.8, 4) is 0 Å². The van der Waals surface area contributed by atoms with Crippen LogP contribution in [-0.4, -0.2) is 15.1 Å². The molecule has 0 radical (unpaired) electrons. The Morgan fingerprint density at radius 1 is 0.947 bits per heavy atom. The third kappa shape index (κ3) is 2.09. The van der Waals surface area contributed by atoms with Gasteiger partial charge in [0.1, 0.15) is 6.10 Å². The average Bonchev–Trinajstić information content (AvgIpc) is 2.46. The highest BCUT2D eigenvalue weighted by Crippen LogP contribution is 2.29. The molecule has 1 atom stereocenters. The minimum Gasteiger partial charge on any atom is -0.384 e. The summed E-state index contributed by atoms with van der Waals surface area (Å²) in [5, 5.41) is 12.7. The summed E-state index contributed by atoms with van der Waals surface area (Å²) in [6, 6.07) is 9.79. The predicted molar refractivity (Wildman–Crippen MR) is 74.8 cm³/mol. The van der Waals surface area contributed by atoms with E-state index in [0.29, 0.717) is 0 Å². The van der Waals surface area contributed by atoms with Crippen molar-refractivity contribution in [3.63, 3.8) is 0 Å². The molecule has 1 unspecified atom stereocenters. The maximum Gasteiger partial charge on any atom is 0.106 e. The molecule has 2 aromatic heterocycles. The van der Waals surface area contributed by atoms with Gasteiger partial charge in [-0.15, -0.1) is 0 Å². The maximum absolute atomic E-state index is 10.6. The first-order chi connectivity index (χ1) is 9.27. The molecule has 0 aliphatic heterocycles. The van der Waals surface area contributed by atoms with E-state index in [1.807, 2.05) is 43.5 Å². The van der Waals surface area contributed by atoms with Crippen LogP contribution in [0.1, 0.15) is 22.8 Å². The van der Waals surface area contributed by atoms with Crippen LogP contribution in [-0.2, 0) is 0 Å². The van der Waals surface area contributed by atoms with Crippen molar-refractivity contribution in [2.24, 2.45) is 0 Å². The molecule has 0 bridgehead atoms. The Kier molecular flexibility index (Phi) is 2.97. The molecule has 0 fully saturated rings. The molecular weight excluding hydrogens is 236 g/mol. The fraction of sp³-hybridized carbons (Fsp3) is 0.125. The van der Waals surface area contributed by atoms with E-state index in [1.54, 1.807) is 18.6 Å². The molecule has 2 heterocycles. The molecule has 0 aliphatic carbocycles. The predicted octanol–water partition coefficient (Wildman–Crippen LogP) is 3.02. The summed E-state index contributed by atoms with van der Waals surface area (Å²) < 4.78 is 0. The zero-order valence-electron chi connectivity index (χ0n) is 10.6. The number of hydrogen-bond donors (Lipinski definition) is 1. The van der Waals surface area contributed by atoms with Crippen LogP contribution < -0.4 is 0 Å². The molecule has 3 heteroatoms. The molecule has 0 saturated carbocycles. The lowest BCUT2D eigenvalue weighted by Gasteiger charge is -2.15. The van der Waals surface area contributed by atoms with Gasteiger partial charge in [0.05, 0.1) is 0 Å². The van der Waals surface area contributed by atoms with E-state index in [-0.39, 0.29) is 0 Å². The monoisotopic (exact) mass is 250 g/mol. The Bertz CT molecular complexity index is 719. The van der Waals surface area contributed by atoms with Gasteiger partial charge in [-0.25, -0.2) is 0 Å². The second-order valence-corrected chi connectivity index (χ2v) is 4.58. The van der Waals surface area contributed by atoms with E-state index >= 15 is 0 Å². The number of fused-ring (bicyclic) bond motifs is 1. The highest BCUT2D eigenvalue weighted by molar-refractivity contribution is 5.85. The molecule has 19 heavy (non-hydrogen) atoms. The van der Waals surface area contributed by atoms with Crippen LogP contribution in [0, 0.1) is 6.92 Å². The van der Waals surface area contributed by atoms with Crippen LogP contribution in [0.5, 0.6) is 0 Å². The van der Waals surface area contributed by atoms with Gasteiger partial charge in [-0.2, -0.15) is 0 Å². The molecule has 0 spiro atoms. The van der Waals surface area contributed by atoms with Crippen LogP contribution in [0.2, 0.25) is 0 Å². The molecule has 0 saturated heterocycles. The minimum absolute atomic E-state index is 0.679. The first kappa shape index (κ1) is 11.8. The molecule has 3 nitrogen and oxygen atoms in total. The Hall–Kier alpha value is -2.26. The molecular formula is C16H14N2O. The fourth-order valence-corrected chi connectivity index (χ4v) is 2.32. The van der Waals surface area contributed by atoms with E-state index in [0.717, 1.165) is 27.5 Å². The van der Waals surface area contributed by atoms with Crippen LogP contribution in [0.15, 0.2) is 55.1 Å².